The second-order valence-corrected chi connectivity index (χ2v) is 3.82. The van der Waals surface area contributed by atoms with Gasteiger partial charge in [0.2, 0.25) is 0 Å². The summed E-state index contributed by atoms with van der Waals surface area (Å²) in [5.41, 5.74) is 0.0967. The van der Waals surface area contributed by atoms with E-state index in [0.717, 1.165) is 0 Å². The van der Waals surface area contributed by atoms with Crippen LogP contribution in [0.1, 0.15) is 6.23 Å². The van der Waals surface area contributed by atoms with Gasteiger partial charge in [0, 0.05) is 6.20 Å². The van der Waals surface area contributed by atoms with E-state index in [9.17, 15) is 5.11 Å². The van der Waals surface area contributed by atoms with Crippen molar-refractivity contribution in [3.63, 3.8) is 0 Å². The summed E-state index contributed by atoms with van der Waals surface area (Å²) in [5.74, 6) is 0. The van der Waals surface area contributed by atoms with Crippen LogP contribution < -0.4 is 10.2 Å². The van der Waals surface area contributed by atoms with Crippen molar-refractivity contribution in [2.45, 2.75) is 24.5 Å². The minimum absolute atomic E-state index is 0. The van der Waals surface area contributed by atoms with E-state index < -0.39 is 24.5 Å². The van der Waals surface area contributed by atoms with E-state index in [1.165, 1.54) is 6.07 Å². The summed E-state index contributed by atoms with van der Waals surface area (Å²) in [6, 6.07) is 1.77. The van der Waals surface area contributed by atoms with Crippen molar-refractivity contribution in [1.29, 1.82) is 5.41 Å². The van der Waals surface area contributed by atoms with Gasteiger partial charge in [-0.2, -0.15) is 4.98 Å². The summed E-state index contributed by atoms with van der Waals surface area (Å²) in [5, 5.41) is 26.1. The van der Waals surface area contributed by atoms with Crippen molar-refractivity contribution in [3.05, 3.63) is 17.8 Å². The highest BCUT2D eigenvalue weighted by Crippen LogP contribution is 2.38. The molecule has 8 heteroatoms. The van der Waals surface area contributed by atoms with Crippen molar-refractivity contribution in [2.24, 2.45) is 0 Å². The van der Waals surface area contributed by atoms with Crippen LogP contribution >= 0.6 is 0 Å². The van der Waals surface area contributed by atoms with Crippen molar-refractivity contribution in [3.8, 4) is 6.01 Å². The lowest BCUT2D eigenvalue weighted by atomic mass is 10.1. The van der Waals surface area contributed by atoms with Crippen LogP contribution in [-0.2, 0) is 4.74 Å². The largest absolute Gasteiger partial charge is 0.454 e. The standard InChI is InChI=1S/C9H11N3O4.FH/c10-5-1-2-12-8-7(16-9(12)11-5)6(14)4(3-13)15-8;/h1-2,4,6-8,10,13-14H,3H2;1H/t4-,6-,7+,8-;/m1./s1. The third-order valence-corrected chi connectivity index (χ3v) is 2.84. The zero-order valence-corrected chi connectivity index (χ0v) is 8.68. The molecule has 1 aromatic rings. The highest BCUT2D eigenvalue weighted by molar-refractivity contribution is 5.10. The third-order valence-electron chi connectivity index (χ3n) is 2.84. The molecule has 0 aliphatic carbocycles. The number of aliphatic hydroxyl groups is 2. The quantitative estimate of drug-likeness (QED) is 0.560. The molecule has 7 nitrogen and oxygen atoms in total. The van der Waals surface area contributed by atoms with Crippen LogP contribution in [0.15, 0.2) is 12.3 Å². The summed E-state index contributed by atoms with van der Waals surface area (Å²) in [6.45, 7) is -0.253. The van der Waals surface area contributed by atoms with Gasteiger partial charge in [0.15, 0.2) is 17.8 Å². The van der Waals surface area contributed by atoms with Gasteiger partial charge in [-0.1, -0.05) is 0 Å². The number of nitrogens with zero attached hydrogens (tertiary/aromatic N) is 2. The fourth-order valence-corrected chi connectivity index (χ4v) is 2.04. The Morgan fingerprint density at radius 2 is 2.29 bits per heavy atom. The van der Waals surface area contributed by atoms with E-state index in [1.54, 1.807) is 10.8 Å². The summed E-state index contributed by atoms with van der Waals surface area (Å²) in [7, 11) is 0. The molecule has 0 bridgehead atoms. The maximum Gasteiger partial charge on any atom is 0.301 e. The van der Waals surface area contributed by atoms with Gasteiger partial charge in [0.1, 0.15) is 12.2 Å². The molecule has 4 atom stereocenters. The average molecular weight is 245 g/mol. The number of nitrogens with one attached hydrogen (secondary N) is 1. The molecule has 0 unspecified atom stereocenters. The van der Waals surface area contributed by atoms with Gasteiger partial charge >= 0.3 is 6.01 Å². The van der Waals surface area contributed by atoms with Crippen molar-refractivity contribution < 1.29 is 24.4 Å². The molecule has 1 aromatic heterocycles. The summed E-state index contributed by atoms with van der Waals surface area (Å²) >= 11 is 0. The zero-order valence-electron chi connectivity index (χ0n) is 8.68. The number of hydrogen-bond acceptors (Lipinski definition) is 6. The highest BCUT2D eigenvalue weighted by atomic mass is 19.0. The minimum Gasteiger partial charge on any atom is -0.454 e. The molecule has 1 fully saturated rings. The van der Waals surface area contributed by atoms with Crippen LogP contribution in [0.2, 0.25) is 0 Å². The fraction of sp³-hybridized carbons (Fsp3) is 0.556. The Morgan fingerprint density at radius 1 is 1.53 bits per heavy atom. The predicted molar refractivity (Wildman–Crippen MR) is 52.0 cm³/mol. The lowest BCUT2D eigenvalue weighted by Crippen LogP contribution is -2.34. The Morgan fingerprint density at radius 3 is 3.00 bits per heavy atom. The first-order valence-corrected chi connectivity index (χ1v) is 4.95. The summed E-state index contributed by atoms with van der Waals surface area (Å²) in [6.07, 6.45) is -0.930. The second kappa shape index (κ2) is 4.06. The van der Waals surface area contributed by atoms with E-state index in [-0.39, 0.29) is 22.8 Å². The highest BCUT2D eigenvalue weighted by Gasteiger charge is 2.50. The first-order valence-electron chi connectivity index (χ1n) is 4.95. The van der Waals surface area contributed by atoms with Gasteiger partial charge in [-0.3, -0.25) is 14.7 Å². The molecule has 3 heterocycles. The molecule has 0 amide bonds. The molecule has 0 aromatic carbocycles. The Bertz CT molecular complexity index is 480. The minimum atomic E-state index is -0.883. The predicted octanol–water partition coefficient (Wildman–Crippen LogP) is -1.47. The van der Waals surface area contributed by atoms with Gasteiger partial charge in [-0.25, -0.2) is 0 Å². The first kappa shape index (κ1) is 12.0. The van der Waals surface area contributed by atoms with Crippen molar-refractivity contribution >= 4 is 0 Å². The number of aliphatic hydroxyl groups excluding tert-OH is 2. The molecule has 3 rings (SSSR count). The van der Waals surface area contributed by atoms with E-state index in [4.69, 9.17) is 20.0 Å². The summed E-state index contributed by atoms with van der Waals surface area (Å²) < 4.78 is 12.5. The van der Waals surface area contributed by atoms with Gasteiger partial charge in [0.05, 0.1) is 6.61 Å². The van der Waals surface area contributed by atoms with Gasteiger partial charge in [-0.05, 0) is 6.07 Å². The molecule has 0 spiro atoms. The fourth-order valence-electron chi connectivity index (χ4n) is 2.04. The molecule has 0 saturated carbocycles. The van der Waals surface area contributed by atoms with Crippen molar-refractivity contribution in [2.75, 3.05) is 6.61 Å². The Hall–Kier alpha value is -1.51. The van der Waals surface area contributed by atoms with Crippen LogP contribution in [-0.4, -0.2) is 44.7 Å². The molecule has 2 aliphatic rings. The van der Waals surface area contributed by atoms with Crippen LogP contribution in [0.5, 0.6) is 6.01 Å². The number of halogens is 1. The molecule has 94 valence electrons. The second-order valence-electron chi connectivity index (χ2n) is 3.82. The Kier molecular flexibility index (Phi) is 2.86. The molecular formula is C9H12FN3O4. The lowest BCUT2D eigenvalue weighted by Gasteiger charge is -2.14. The van der Waals surface area contributed by atoms with Crippen molar-refractivity contribution in [1.82, 2.24) is 9.55 Å². The molecule has 3 N–H and O–H groups in total. The van der Waals surface area contributed by atoms with Gasteiger partial charge in [-0.15, -0.1) is 0 Å². The Balaban J connectivity index is 0.00000108. The van der Waals surface area contributed by atoms with Gasteiger partial charge < -0.3 is 19.7 Å². The number of fused-ring (bicyclic) bond motifs is 3. The van der Waals surface area contributed by atoms with Crippen LogP contribution in [0.4, 0.5) is 4.70 Å². The van der Waals surface area contributed by atoms with E-state index in [2.05, 4.69) is 4.98 Å². The number of rotatable bonds is 1. The zero-order chi connectivity index (χ0) is 11.3. The molecule has 2 aliphatic heterocycles. The number of ether oxygens (including phenoxy) is 2. The topological polar surface area (TPSA) is 101 Å². The molecule has 1 saturated heterocycles. The maximum absolute atomic E-state index is 9.80. The average Bonchev–Trinajstić information content (AvgIpc) is 2.75. The SMILES string of the molecule is F.N=c1ccn2c(n1)O[C@H]1[C@H](O)[C@@H](CO)O[C@H]12. The van der Waals surface area contributed by atoms with Gasteiger partial charge in [0.25, 0.3) is 0 Å². The van der Waals surface area contributed by atoms with E-state index in [0.29, 0.717) is 0 Å². The van der Waals surface area contributed by atoms with E-state index >= 15 is 0 Å². The molecule has 0 radical (unpaired) electrons. The first-order chi connectivity index (χ1) is 7.70. The van der Waals surface area contributed by atoms with Crippen LogP contribution in [0, 0.1) is 5.41 Å². The smallest absolute Gasteiger partial charge is 0.301 e. The van der Waals surface area contributed by atoms with E-state index in [1.807, 2.05) is 0 Å². The monoisotopic (exact) mass is 245 g/mol. The van der Waals surface area contributed by atoms with Crippen LogP contribution in [0.25, 0.3) is 0 Å². The molecule has 17 heavy (non-hydrogen) atoms. The molecular weight excluding hydrogens is 233 g/mol. The lowest BCUT2D eigenvalue weighted by molar-refractivity contribution is -0.0434. The number of aromatic nitrogens is 2. The normalized spacial score (nSPS) is 33.5. The third kappa shape index (κ3) is 1.61. The Labute approximate surface area is 95.1 Å². The summed E-state index contributed by atoms with van der Waals surface area (Å²) in [4.78, 5) is 3.88. The maximum atomic E-state index is 9.80. The number of hydrogen-bond donors (Lipinski definition) is 3. The van der Waals surface area contributed by atoms with Crippen LogP contribution in [0.3, 0.4) is 0 Å².